The summed E-state index contributed by atoms with van der Waals surface area (Å²) < 4.78 is 11.6. The lowest BCUT2D eigenvalue weighted by molar-refractivity contribution is -0.118. The molecule has 0 spiro atoms. The molecule has 0 heterocycles. The molecule has 0 radical (unpaired) electrons. The molecule has 0 fully saturated rings. The highest BCUT2D eigenvalue weighted by Crippen LogP contribution is 2.19. The lowest BCUT2D eigenvalue weighted by atomic mass is 10.2. The van der Waals surface area contributed by atoms with Crippen molar-refractivity contribution in [3.63, 3.8) is 0 Å². The van der Waals surface area contributed by atoms with Crippen LogP contribution >= 0.6 is 15.9 Å². The van der Waals surface area contributed by atoms with E-state index in [9.17, 15) is 4.79 Å². The number of rotatable bonds is 7. The summed E-state index contributed by atoms with van der Waals surface area (Å²) in [6.45, 7) is -0.0719. The van der Waals surface area contributed by atoms with Crippen LogP contribution in [0.3, 0.4) is 0 Å². The molecule has 0 aliphatic heterocycles. The first-order chi connectivity index (χ1) is 13.6. The molecule has 3 aromatic carbocycles. The lowest BCUT2D eigenvalue weighted by Gasteiger charge is -2.08. The highest BCUT2D eigenvalue weighted by atomic mass is 79.9. The minimum atomic E-state index is -0.231. The first-order valence-electron chi connectivity index (χ1n) is 8.59. The minimum absolute atomic E-state index is 0.0719. The van der Waals surface area contributed by atoms with Crippen molar-refractivity contribution in [3.05, 3.63) is 82.8 Å². The molecule has 28 heavy (non-hydrogen) atoms. The number of carbonyl (C=O) groups is 1. The Balaban J connectivity index is 1.50. The molecule has 3 rings (SSSR count). The van der Waals surface area contributed by atoms with E-state index in [4.69, 9.17) is 9.47 Å². The fourth-order valence-electron chi connectivity index (χ4n) is 2.38. The average molecular weight is 439 g/mol. The molecule has 0 atom stereocenters. The van der Waals surface area contributed by atoms with E-state index >= 15 is 0 Å². The van der Waals surface area contributed by atoms with E-state index in [2.05, 4.69) is 26.2 Å². The van der Waals surface area contributed by atoms with Crippen LogP contribution in [0, 0.1) is 0 Å². The largest absolute Gasteiger partial charge is 0.497 e. The summed E-state index contributed by atoms with van der Waals surface area (Å²) in [6, 6.07) is 22.3. The number of nitrogens with one attached hydrogen (secondary N) is 1. The van der Waals surface area contributed by atoms with Gasteiger partial charge in [-0.25, -0.2) is 0 Å². The van der Waals surface area contributed by atoms with Crippen molar-refractivity contribution in [1.82, 2.24) is 0 Å². The molecule has 0 aromatic heterocycles. The van der Waals surface area contributed by atoms with E-state index in [1.807, 2.05) is 48.5 Å². The molecule has 3 aromatic rings. The van der Waals surface area contributed by atoms with Gasteiger partial charge in [-0.3, -0.25) is 9.79 Å². The number of ether oxygens (including phenoxy) is 2. The van der Waals surface area contributed by atoms with E-state index < -0.39 is 0 Å². The zero-order chi connectivity index (χ0) is 19.8. The highest BCUT2D eigenvalue weighted by molar-refractivity contribution is 9.10. The Labute approximate surface area is 172 Å². The summed E-state index contributed by atoms with van der Waals surface area (Å²) in [6.07, 6.45) is 1.78. The standard InChI is InChI=1S/C22H19BrN2O3/c1-27-20-11-7-18(8-12-20)25-22(26)15-28-21-9-5-16(6-10-21)14-24-19-4-2-3-17(23)13-19/h2-14H,15H2,1H3,(H,25,26). The summed E-state index contributed by atoms with van der Waals surface area (Å²) in [5.74, 6) is 1.12. The number of amides is 1. The minimum Gasteiger partial charge on any atom is -0.497 e. The first-order valence-corrected chi connectivity index (χ1v) is 9.38. The Bertz CT molecular complexity index is 954. The molecule has 5 nitrogen and oxygen atoms in total. The van der Waals surface area contributed by atoms with Crippen molar-refractivity contribution in [3.8, 4) is 11.5 Å². The van der Waals surface area contributed by atoms with Crippen molar-refractivity contribution >= 4 is 39.4 Å². The molecule has 0 bridgehead atoms. The fourth-order valence-corrected chi connectivity index (χ4v) is 2.76. The van der Waals surface area contributed by atoms with Gasteiger partial charge in [0, 0.05) is 16.4 Å². The summed E-state index contributed by atoms with van der Waals surface area (Å²) in [5.41, 5.74) is 2.49. The summed E-state index contributed by atoms with van der Waals surface area (Å²) in [4.78, 5) is 16.4. The Kier molecular flexibility index (Phi) is 6.81. The van der Waals surface area contributed by atoms with Crippen LogP contribution in [0.1, 0.15) is 5.56 Å². The lowest BCUT2D eigenvalue weighted by Crippen LogP contribution is -2.20. The summed E-state index contributed by atoms with van der Waals surface area (Å²) in [5, 5.41) is 2.77. The first kappa shape index (κ1) is 19.6. The molecule has 0 saturated carbocycles. The number of aliphatic imine (C=N–C) groups is 1. The van der Waals surface area contributed by atoms with Crippen LogP contribution in [0.2, 0.25) is 0 Å². The smallest absolute Gasteiger partial charge is 0.262 e. The molecule has 142 valence electrons. The number of nitrogens with zero attached hydrogens (tertiary/aromatic N) is 1. The number of benzene rings is 3. The van der Waals surface area contributed by atoms with E-state index in [1.165, 1.54) is 0 Å². The van der Waals surface area contributed by atoms with E-state index in [0.717, 1.165) is 21.5 Å². The van der Waals surface area contributed by atoms with Gasteiger partial charge in [-0.1, -0.05) is 22.0 Å². The Hall–Kier alpha value is -3.12. The van der Waals surface area contributed by atoms with Crippen molar-refractivity contribution in [2.75, 3.05) is 19.0 Å². The van der Waals surface area contributed by atoms with Crippen LogP contribution in [-0.4, -0.2) is 25.8 Å². The quantitative estimate of drug-likeness (QED) is 0.514. The van der Waals surface area contributed by atoms with Gasteiger partial charge in [0.2, 0.25) is 0 Å². The molecule has 1 N–H and O–H groups in total. The molecule has 0 unspecified atom stereocenters. The highest BCUT2D eigenvalue weighted by Gasteiger charge is 2.04. The van der Waals surface area contributed by atoms with Crippen molar-refractivity contribution in [2.45, 2.75) is 0 Å². The second kappa shape index (κ2) is 9.71. The molecule has 0 saturated heterocycles. The molecule has 6 heteroatoms. The van der Waals surface area contributed by atoms with Gasteiger partial charge < -0.3 is 14.8 Å². The number of halogens is 1. The van der Waals surface area contributed by atoms with E-state index in [0.29, 0.717) is 11.4 Å². The van der Waals surface area contributed by atoms with Crippen LogP contribution in [0.15, 0.2) is 82.3 Å². The van der Waals surface area contributed by atoms with Crippen LogP contribution in [0.5, 0.6) is 11.5 Å². The third-order valence-corrected chi connectivity index (χ3v) is 4.29. The van der Waals surface area contributed by atoms with Crippen LogP contribution < -0.4 is 14.8 Å². The van der Waals surface area contributed by atoms with Gasteiger partial charge in [0.1, 0.15) is 11.5 Å². The van der Waals surface area contributed by atoms with Crippen LogP contribution in [-0.2, 0) is 4.79 Å². The third kappa shape index (κ3) is 5.96. The van der Waals surface area contributed by atoms with E-state index in [1.54, 1.807) is 37.6 Å². The zero-order valence-electron chi connectivity index (χ0n) is 15.3. The van der Waals surface area contributed by atoms with Gasteiger partial charge in [0.15, 0.2) is 6.61 Å². The molecule has 0 aliphatic rings. The van der Waals surface area contributed by atoms with Crippen molar-refractivity contribution < 1.29 is 14.3 Å². The summed E-state index contributed by atoms with van der Waals surface area (Å²) in [7, 11) is 1.60. The number of hydrogen-bond donors (Lipinski definition) is 1. The number of hydrogen-bond acceptors (Lipinski definition) is 4. The molecular weight excluding hydrogens is 420 g/mol. The predicted octanol–water partition coefficient (Wildman–Crippen LogP) is 5.23. The van der Waals surface area contributed by atoms with Crippen LogP contribution in [0.25, 0.3) is 0 Å². The van der Waals surface area contributed by atoms with Gasteiger partial charge >= 0.3 is 0 Å². The molecular formula is C22H19BrN2O3. The van der Waals surface area contributed by atoms with Gasteiger partial charge in [-0.15, -0.1) is 0 Å². The number of carbonyl (C=O) groups excluding carboxylic acids is 1. The van der Waals surface area contributed by atoms with Gasteiger partial charge in [-0.05, 0) is 72.3 Å². The van der Waals surface area contributed by atoms with Gasteiger partial charge in [0.25, 0.3) is 5.91 Å². The number of methoxy groups -OCH3 is 1. The predicted molar refractivity (Wildman–Crippen MR) is 115 cm³/mol. The third-order valence-electron chi connectivity index (χ3n) is 3.79. The zero-order valence-corrected chi connectivity index (χ0v) is 16.8. The maximum absolute atomic E-state index is 12.0. The normalized spacial score (nSPS) is 10.6. The van der Waals surface area contributed by atoms with Gasteiger partial charge in [0.05, 0.1) is 12.8 Å². The average Bonchev–Trinajstić information content (AvgIpc) is 2.72. The topological polar surface area (TPSA) is 59.9 Å². The maximum Gasteiger partial charge on any atom is 0.262 e. The SMILES string of the molecule is COc1ccc(NC(=O)COc2ccc(C=Nc3cccc(Br)c3)cc2)cc1. The van der Waals surface area contributed by atoms with Gasteiger partial charge in [-0.2, -0.15) is 0 Å². The van der Waals surface area contributed by atoms with Crippen molar-refractivity contribution in [1.29, 1.82) is 0 Å². The summed E-state index contributed by atoms with van der Waals surface area (Å²) >= 11 is 3.43. The Morgan fingerprint density at radius 3 is 2.43 bits per heavy atom. The van der Waals surface area contributed by atoms with Crippen LogP contribution in [0.4, 0.5) is 11.4 Å². The monoisotopic (exact) mass is 438 g/mol. The van der Waals surface area contributed by atoms with Crippen molar-refractivity contribution in [2.24, 2.45) is 4.99 Å². The fraction of sp³-hybridized carbons (Fsp3) is 0.0909. The molecule has 0 aliphatic carbocycles. The maximum atomic E-state index is 12.0. The Morgan fingerprint density at radius 1 is 1.04 bits per heavy atom. The molecule has 1 amide bonds. The van der Waals surface area contributed by atoms with E-state index in [-0.39, 0.29) is 12.5 Å². The number of anilines is 1. The Morgan fingerprint density at radius 2 is 1.75 bits per heavy atom. The second-order valence-corrected chi connectivity index (χ2v) is 6.79. The second-order valence-electron chi connectivity index (χ2n) is 5.87.